The van der Waals surface area contributed by atoms with Crippen LogP contribution in [0.2, 0.25) is 15.1 Å². The van der Waals surface area contributed by atoms with Crippen molar-refractivity contribution in [3.05, 3.63) is 50.9 Å². The zero-order valence-corrected chi connectivity index (χ0v) is 13.5. The molecule has 1 heterocycles. The van der Waals surface area contributed by atoms with E-state index in [-0.39, 0.29) is 5.38 Å². The predicted molar refractivity (Wildman–Crippen MR) is 85.1 cm³/mol. The molecule has 1 aromatic heterocycles. The standard InChI is InChI=1S/C13H11Cl4N3/c1-7(14)12-11(17)13(20-6-19-12)18-5-8-2-3-9(15)4-10(8)16/h2-4,6-7H,5H2,1H3,(H,18,19,20)/t7-/m1/s1. The molecule has 0 aliphatic carbocycles. The second-order valence-electron chi connectivity index (χ2n) is 4.13. The van der Waals surface area contributed by atoms with Crippen LogP contribution in [0.1, 0.15) is 23.6 Å². The molecule has 2 rings (SSSR count). The van der Waals surface area contributed by atoms with Gasteiger partial charge in [-0.2, -0.15) is 0 Å². The molecule has 0 aliphatic heterocycles. The Kier molecular flexibility index (Phi) is 5.33. The molecule has 1 N–H and O–H groups in total. The fourth-order valence-electron chi connectivity index (χ4n) is 1.63. The normalized spacial score (nSPS) is 12.2. The van der Waals surface area contributed by atoms with Crippen molar-refractivity contribution < 1.29 is 0 Å². The minimum atomic E-state index is -0.287. The predicted octanol–water partition coefficient (Wildman–Crippen LogP) is 5.35. The minimum Gasteiger partial charge on any atom is -0.365 e. The number of halogens is 4. The average molecular weight is 351 g/mol. The molecule has 0 radical (unpaired) electrons. The van der Waals surface area contributed by atoms with E-state index >= 15 is 0 Å². The van der Waals surface area contributed by atoms with Gasteiger partial charge in [0, 0.05) is 16.6 Å². The summed E-state index contributed by atoms with van der Waals surface area (Å²) in [7, 11) is 0. The second-order valence-corrected chi connectivity index (χ2v) is 6.00. The molecule has 0 fully saturated rings. The van der Waals surface area contributed by atoms with Gasteiger partial charge in [-0.15, -0.1) is 11.6 Å². The summed E-state index contributed by atoms with van der Waals surface area (Å²) in [5.41, 5.74) is 1.49. The van der Waals surface area contributed by atoms with E-state index in [0.29, 0.717) is 33.1 Å². The molecule has 0 unspecified atom stereocenters. The molecule has 20 heavy (non-hydrogen) atoms. The van der Waals surface area contributed by atoms with Crippen molar-refractivity contribution in [2.45, 2.75) is 18.8 Å². The van der Waals surface area contributed by atoms with Gasteiger partial charge in [-0.25, -0.2) is 9.97 Å². The van der Waals surface area contributed by atoms with Crippen molar-refractivity contribution in [2.24, 2.45) is 0 Å². The summed E-state index contributed by atoms with van der Waals surface area (Å²) in [4.78, 5) is 8.17. The summed E-state index contributed by atoms with van der Waals surface area (Å²) in [6.07, 6.45) is 1.42. The number of aromatic nitrogens is 2. The third kappa shape index (κ3) is 3.67. The molecule has 0 saturated carbocycles. The molecule has 0 aliphatic rings. The highest BCUT2D eigenvalue weighted by Crippen LogP contribution is 2.30. The van der Waals surface area contributed by atoms with Gasteiger partial charge in [-0.1, -0.05) is 40.9 Å². The first kappa shape index (κ1) is 15.6. The van der Waals surface area contributed by atoms with E-state index in [1.165, 1.54) is 6.33 Å². The molecule has 0 bridgehead atoms. The molecule has 1 aromatic carbocycles. The Balaban J connectivity index is 2.17. The van der Waals surface area contributed by atoms with Crippen molar-refractivity contribution in [1.29, 1.82) is 0 Å². The number of hydrogen-bond acceptors (Lipinski definition) is 3. The van der Waals surface area contributed by atoms with Crippen molar-refractivity contribution in [1.82, 2.24) is 9.97 Å². The third-order valence-corrected chi connectivity index (χ3v) is 3.82. The van der Waals surface area contributed by atoms with Crippen LogP contribution in [0.4, 0.5) is 5.82 Å². The Labute approximate surface area is 137 Å². The van der Waals surface area contributed by atoms with Crippen LogP contribution in [0.3, 0.4) is 0 Å². The number of benzene rings is 1. The van der Waals surface area contributed by atoms with Gasteiger partial charge in [-0.3, -0.25) is 0 Å². The first-order chi connectivity index (χ1) is 9.49. The highest BCUT2D eigenvalue weighted by Gasteiger charge is 2.13. The number of nitrogens with one attached hydrogen (secondary N) is 1. The number of anilines is 1. The Morgan fingerprint density at radius 1 is 1.20 bits per heavy atom. The summed E-state index contributed by atoms with van der Waals surface area (Å²) in [6, 6.07) is 5.31. The lowest BCUT2D eigenvalue weighted by Gasteiger charge is -2.12. The van der Waals surface area contributed by atoms with Crippen LogP contribution in [0.5, 0.6) is 0 Å². The van der Waals surface area contributed by atoms with Crippen molar-refractivity contribution in [3.8, 4) is 0 Å². The Bertz CT molecular complexity index is 617. The molecular formula is C13H11Cl4N3. The zero-order chi connectivity index (χ0) is 14.7. The van der Waals surface area contributed by atoms with Crippen LogP contribution in [0.25, 0.3) is 0 Å². The number of nitrogens with zero attached hydrogens (tertiary/aromatic N) is 2. The first-order valence-corrected chi connectivity index (χ1v) is 7.38. The maximum atomic E-state index is 6.21. The van der Waals surface area contributed by atoms with Gasteiger partial charge < -0.3 is 5.32 Å². The highest BCUT2D eigenvalue weighted by atomic mass is 35.5. The molecule has 0 saturated heterocycles. The van der Waals surface area contributed by atoms with Gasteiger partial charge in [0.25, 0.3) is 0 Å². The molecule has 106 valence electrons. The monoisotopic (exact) mass is 349 g/mol. The van der Waals surface area contributed by atoms with Gasteiger partial charge in [0.2, 0.25) is 0 Å². The van der Waals surface area contributed by atoms with E-state index in [0.717, 1.165) is 5.56 Å². The van der Waals surface area contributed by atoms with Crippen LogP contribution in [-0.4, -0.2) is 9.97 Å². The maximum Gasteiger partial charge on any atom is 0.148 e. The first-order valence-electron chi connectivity index (χ1n) is 5.81. The molecule has 2 aromatic rings. The van der Waals surface area contributed by atoms with Crippen molar-refractivity contribution in [2.75, 3.05) is 5.32 Å². The van der Waals surface area contributed by atoms with Crippen LogP contribution < -0.4 is 5.32 Å². The van der Waals surface area contributed by atoms with Gasteiger partial charge in [0.05, 0.1) is 11.1 Å². The molecule has 0 spiro atoms. The Morgan fingerprint density at radius 3 is 2.60 bits per heavy atom. The van der Waals surface area contributed by atoms with Crippen LogP contribution in [0.15, 0.2) is 24.5 Å². The lowest BCUT2D eigenvalue weighted by Crippen LogP contribution is -2.05. The molecule has 1 atom stereocenters. The second kappa shape index (κ2) is 6.81. The molecule has 0 amide bonds. The number of alkyl halides is 1. The maximum absolute atomic E-state index is 6.21. The van der Waals surface area contributed by atoms with Crippen LogP contribution >= 0.6 is 46.4 Å². The van der Waals surface area contributed by atoms with E-state index in [2.05, 4.69) is 15.3 Å². The smallest absolute Gasteiger partial charge is 0.148 e. The topological polar surface area (TPSA) is 37.8 Å². The van der Waals surface area contributed by atoms with Crippen LogP contribution in [0, 0.1) is 0 Å². The van der Waals surface area contributed by atoms with E-state index in [9.17, 15) is 0 Å². The Morgan fingerprint density at radius 2 is 1.95 bits per heavy atom. The van der Waals surface area contributed by atoms with Gasteiger partial charge in [0.1, 0.15) is 17.2 Å². The zero-order valence-electron chi connectivity index (χ0n) is 10.5. The summed E-state index contributed by atoms with van der Waals surface area (Å²) in [5.74, 6) is 0.523. The summed E-state index contributed by atoms with van der Waals surface area (Å²) in [6.45, 7) is 2.28. The van der Waals surface area contributed by atoms with Gasteiger partial charge in [0.15, 0.2) is 0 Å². The number of hydrogen-bond donors (Lipinski definition) is 1. The van der Waals surface area contributed by atoms with Crippen molar-refractivity contribution in [3.63, 3.8) is 0 Å². The third-order valence-electron chi connectivity index (χ3n) is 2.65. The van der Waals surface area contributed by atoms with E-state index < -0.39 is 0 Å². The molecular weight excluding hydrogens is 340 g/mol. The average Bonchev–Trinajstić information content (AvgIpc) is 2.39. The molecule has 3 nitrogen and oxygen atoms in total. The SMILES string of the molecule is C[C@@H](Cl)c1ncnc(NCc2ccc(Cl)cc2Cl)c1Cl. The number of rotatable bonds is 4. The van der Waals surface area contributed by atoms with E-state index in [1.54, 1.807) is 19.1 Å². The quantitative estimate of drug-likeness (QED) is 0.755. The van der Waals surface area contributed by atoms with Crippen molar-refractivity contribution >= 4 is 52.2 Å². The van der Waals surface area contributed by atoms with Crippen LogP contribution in [-0.2, 0) is 6.54 Å². The Hall–Kier alpha value is -0.740. The highest BCUT2D eigenvalue weighted by molar-refractivity contribution is 6.35. The fraction of sp³-hybridized carbons (Fsp3) is 0.231. The summed E-state index contributed by atoms with van der Waals surface area (Å²) >= 11 is 24.2. The van der Waals surface area contributed by atoms with Gasteiger partial charge in [-0.05, 0) is 24.6 Å². The van der Waals surface area contributed by atoms with E-state index in [1.807, 2.05) is 6.07 Å². The van der Waals surface area contributed by atoms with E-state index in [4.69, 9.17) is 46.4 Å². The van der Waals surface area contributed by atoms with Gasteiger partial charge >= 0.3 is 0 Å². The largest absolute Gasteiger partial charge is 0.365 e. The molecule has 7 heteroatoms. The lowest BCUT2D eigenvalue weighted by atomic mass is 10.2. The minimum absolute atomic E-state index is 0.287. The lowest BCUT2D eigenvalue weighted by molar-refractivity contribution is 0.960. The summed E-state index contributed by atoms with van der Waals surface area (Å²) in [5, 5.41) is 4.42. The summed E-state index contributed by atoms with van der Waals surface area (Å²) < 4.78 is 0. The fourth-order valence-corrected chi connectivity index (χ4v) is 2.65.